The maximum Gasteiger partial charge on any atom is 0.203 e. The summed E-state index contributed by atoms with van der Waals surface area (Å²) < 4.78 is 0. The highest BCUT2D eigenvalue weighted by Crippen LogP contribution is 2.59. The molecule has 5 aliphatic rings. The van der Waals surface area contributed by atoms with Gasteiger partial charge in [-0.15, -0.1) is 11.3 Å². The largest absolute Gasteiger partial charge is 0.393 e. The minimum absolute atomic E-state index is 0.0484. The Morgan fingerprint density at radius 3 is 2.74 bits per heavy atom. The zero-order valence-electron chi connectivity index (χ0n) is 25.6. The summed E-state index contributed by atoms with van der Waals surface area (Å²) in [5.74, 6) is 1.17. The van der Waals surface area contributed by atoms with Gasteiger partial charge in [-0.05, 0) is 107 Å². The number of hydrogen-bond donors (Lipinski definition) is 2. The topological polar surface area (TPSA) is 76.4 Å². The molecular formula is C35H47N3O3S. The molecule has 1 saturated heterocycles. The Kier molecular flexibility index (Phi) is 8.38. The smallest absolute Gasteiger partial charge is 0.203 e. The number of aliphatic imine (C=N–C) groups is 1. The van der Waals surface area contributed by atoms with Crippen LogP contribution in [-0.4, -0.2) is 76.2 Å². The Morgan fingerprint density at radius 1 is 1.10 bits per heavy atom. The molecule has 7 heteroatoms. The number of fused-ring (bicyclic) bond motifs is 9. The van der Waals surface area contributed by atoms with Crippen LogP contribution in [0.3, 0.4) is 0 Å². The second kappa shape index (κ2) is 11.9. The standard InChI is InChI=1S/C35H47N3O3S/c1-24-7-4-15-34(3)30(14-16-35(34,41)23-38-20-6-19-37-18-5-17-36-33(37)38)28-12-10-26(21-27(39)11-8-24)22-29(28)32(40)31-13-9-25(2)42-31/h7,9-10,12-13,22,27,30,39,41H,4-6,8,11,14-21,23H2,1-3H3/t27-,30-,34-,35+/m0/s1. The van der Waals surface area contributed by atoms with Crippen LogP contribution in [0.2, 0.25) is 0 Å². The molecule has 0 radical (unpaired) electrons. The van der Waals surface area contributed by atoms with Gasteiger partial charge in [0, 0.05) is 42.0 Å². The van der Waals surface area contributed by atoms with Crippen molar-refractivity contribution in [1.82, 2.24) is 9.80 Å². The van der Waals surface area contributed by atoms with Gasteiger partial charge in [-0.25, -0.2) is 0 Å². The maximum atomic E-state index is 14.1. The van der Waals surface area contributed by atoms with E-state index in [1.54, 1.807) is 11.3 Å². The third-order valence-electron chi connectivity index (χ3n) is 10.6. The fourth-order valence-corrected chi connectivity index (χ4v) is 8.88. The van der Waals surface area contributed by atoms with Crippen molar-refractivity contribution >= 4 is 23.1 Å². The van der Waals surface area contributed by atoms with E-state index >= 15 is 0 Å². The summed E-state index contributed by atoms with van der Waals surface area (Å²) in [6.07, 6.45) is 9.40. The molecule has 2 fully saturated rings. The van der Waals surface area contributed by atoms with Crippen molar-refractivity contribution in [2.45, 2.75) is 96.2 Å². The zero-order valence-corrected chi connectivity index (χ0v) is 26.4. The Bertz CT molecular complexity index is 1380. The summed E-state index contributed by atoms with van der Waals surface area (Å²) in [4.78, 5) is 25.7. The molecule has 1 aromatic carbocycles. The van der Waals surface area contributed by atoms with Crippen molar-refractivity contribution in [1.29, 1.82) is 0 Å². The predicted molar refractivity (Wildman–Crippen MR) is 171 cm³/mol. The second-order valence-electron chi connectivity index (χ2n) is 13.5. The molecule has 0 spiro atoms. The predicted octanol–water partition coefficient (Wildman–Crippen LogP) is 6.09. The number of carbonyl (C=O) groups excluding carboxylic acids is 1. The summed E-state index contributed by atoms with van der Waals surface area (Å²) in [6, 6.07) is 10.3. The Labute approximate surface area is 255 Å². The molecule has 7 rings (SSSR count). The summed E-state index contributed by atoms with van der Waals surface area (Å²) in [7, 11) is 0. The highest BCUT2D eigenvalue weighted by atomic mass is 32.1. The summed E-state index contributed by atoms with van der Waals surface area (Å²) in [5, 5.41) is 23.6. The number of aryl methyl sites for hydroxylation is 1. The van der Waals surface area contributed by atoms with E-state index in [4.69, 9.17) is 4.99 Å². The summed E-state index contributed by atoms with van der Waals surface area (Å²) in [5.41, 5.74) is 2.76. The van der Waals surface area contributed by atoms with Gasteiger partial charge in [0.05, 0.1) is 23.1 Å². The quantitative estimate of drug-likeness (QED) is 0.333. The normalized spacial score (nSPS) is 30.3. The van der Waals surface area contributed by atoms with Crippen molar-refractivity contribution in [3.8, 4) is 0 Å². The van der Waals surface area contributed by atoms with Gasteiger partial charge in [0.2, 0.25) is 5.78 Å². The summed E-state index contributed by atoms with van der Waals surface area (Å²) in [6.45, 7) is 10.9. The third kappa shape index (κ3) is 5.60. The lowest BCUT2D eigenvalue weighted by Gasteiger charge is -2.49. The van der Waals surface area contributed by atoms with Crippen molar-refractivity contribution in [3.05, 3.63) is 68.4 Å². The van der Waals surface area contributed by atoms with Gasteiger partial charge >= 0.3 is 0 Å². The number of nitrogens with zero attached hydrogens (tertiary/aromatic N) is 3. The number of hydrogen-bond acceptors (Lipinski definition) is 7. The third-order valence-corrected chi connectivity index (χ3v) is 11.6. The lowest BCUT2D eigenvalue weighted by molar-refractivity contribution is -0.0772. The fraction of sp³-hybridized carbons (Fsp3) is 0.600. The molecule has 2 bridgehead atoms. The Morgan fingerprint density at radius 2 is 1.93 bits per heavy atom. The average molecular weight is 590 g/mol. The van der Waals surface area contributed by atoms with Gasteiger partial charge in [-0.1, -0.05) is 30.7 Å². The second-order valence-corrected chi connectivity index (χ2v) is 14.8. The van der Waals surface area contributed by atoms with E-state index in [0.29, 0.717) is 25.8 Å². The van der Waals surface area contributed by atoms with E-state index in [-0.39, 0.29) is 11.7 Å². The highest BCUT2D eigenvalue weighted by molar-refractivity contribution is 7.14. The van der Waals surface area contributed by atoms with Crippen LogP contribution in [-0.2, 0) is 6.42 Å². The van der Waals surface area contributed by atoms with Gasteiger partial charge in [0.15, 0.2) is 5.96 Å². The first-order chi connectivity index (χ1) is 20.2. The monoisotopic (exact) mass is 589 g/mol. The van der Waals surface area contributed by atoms with Crippen LogP contribution in [0.5, 0.6) is 0 Å². The molecule has 1 saturated carbocycles. The fourth-order valence-electron chi connectivity index (χ4n) is 8.06. The number of benzene rings is 1. The number of rotatable bonds is 4. The number of allylic oxidation sites excluding steroid dienone is 2. The molecule has 1 aromatic heterocycles. The Balaban J connectivity index is 1.42. The number of carbonyl (C=O) groups is 1. The van der Waals surface area contributed by atoms with Crippen molar-refractivity contribution in [2.75, 3.05) is 32.7 Å². The van der Waals surface area contributed by atoms with E-state index in [1.807, 2.05) is 25.1 Å². The average Bonchev–Trinajstić information content (AvgIpc) is 3.52. The number of aliphatic hydroxyl groups excluding tert-OH is 1. The van der Waals surface area contributed by atoms with Crippen LogP contribution in [0.15, 0.2) is 47.0 Å². The van der Waals surface area contributed by atoms with E-state index in [2.05, 4.69) is 41.9 Å². The molecular weight excluding hydrogens is 542 g/mol. The summed E-state index contributed by atoms with van der Waals surface area (Å²) >= 11 is 1.54. The molecule has 226 valence electrons. The molecule has 3 aliphatic carbocycles. The molecule has 6 nitrogen and oxygen atoms in total. The van der Waals surface area contributed by atoms with Crippen LogP contribution in [0.1, 0.15) is 102 Å². The van der Waals surface area contributed by atoms with Crippen LogP contribution in [0, 0.1) is 12.3 Å². The molecule has 2 aromatic rings. The number of aliphatic hydroxyl groups is 2. The van der Waals surface area contributed by atoms with Crippen molar-refractivity contribution in [3.63, 3.8) is 0 Å². The minimum Gasteiger partial charge on any atom is -0.393 e. The van der Waals surface area contributed by atoms with E-state index < -0.39 is 17.1 Å². The maximum absolute atomic E-state index is 14.1. The number of thiophene rings is 1. The van der Waals surface area contributed by atoms with E-state index in [9.17, 15) is 15.0 Å². The minimum atomic E-state index is -0.909. The molecule has 4 atom stereocenters. The number of ketones is 1. The zero-order chi connectivity index (χ0) is 29.5. The SMILES string of the molecule is CC1=CCC[C@@]2(C)[C@@H](CC[C@@]2(O)CN2CCCN3CCCN=C32)c2ccc(cc2C(=O)c2ccc(C)s2)C[C@@H](O)CC1. The lowest BCUT2D eigenvalue weighted by atomic mass is 9.64. The van der Waals surface area contributed by atoms with Crippen molar-refractivity contribution in [2.24, 2.45) is 10.4 Å². The van der Waals surface area contributed by atoms with Crippen LogP contribution in [0.25, 0.3) is 0 Å². The van der Waals surface area contributed by atoms with Crippen LogP contribution >= 0.6 is 11.3 Å². The van der Waals surface area contributed by atoms with Crippen LogP contribution in [0.4, 0.5) is 0 Å². The molecule has 3 heterocycles. The first-order valence-electron chi connectivity index (χ1n) is 16.0. The lowest BCUT2D eigenvalue weighted by Crippen LogP contribution is -2.59. The van der Waals surface area contributed by atoms with Crippen LogP contribution < -0.4 is 0 Å². The number of guanidine groups is 1. The molecule has 0 amide bonds. The molecule has 2 N–H and O–H groups in total. The van der Waals surface area contributed by atoms with Gasteiger partial charge in [-0.2, -0.15) is 0 Å². The Hall–Kier alpha value is -2.48. The molecule has 0 unspecified atom stereocenters. The first kappa shape index (κ1) is 29.6. The van der Waals surface area contributed by atoms with Crippen molar-refractivity contribution < 1.29 is 15.0 Å². The van der Waals surface area contributed by atoms with E-state index in [1.165, 1.54) is 5.57 Å². The molecule has 42 heavy (non-hydrogen) atoms. The van der Waals surface area contributed by atoms with Gasteiger partial charge in [-0.3, -0.25) is 9.79 Å². The van der Waals surface area contributed by atoms with Gasteiger partial charge < -0.3 is 20.0 Å². The van der Waals surface area contributed by atoms with Gasteiger partial charge in [0.1, 0.15) is 0 Å². The highest BCUT2D eigenvalue weighted by Gasteiger charge is 2.57. The first-order valence-corrected chi connectivity index (χ1v) is 16.8. The number of β-amino-alcohol motifs (C(OH)–C–C–N with tert-alkyl or cyclic N) is 1. The van der Waals surface area contributed by atoms with Gasteiger partial charge in [0.25, 0.3) is 0 Å². The molecule has 2 aliphatic heterocycles. The van der Waals surface area contributed by atoms with E-state index in [0.717, 1.165) is 97.1 Å².